The summed E-state index contributed by atoms with van der Waals surface area (Å²) in [6, 6.07) is 4.75. The third-order valence-electron chi connectivity index (χ3n) is 6.70. The van der Waals surface area contributed by atoms with Gasteiger partial charge in [-0.2, -0.15) is 15.1 Å². The molecular weight excluding hydrogens is 526 g/mol. The number of carbonyl (C=O) groups is 1. The second-order valence-electron chi connectivity index (χ2n) is 9.39. The van der Waals surface area contributed by atoms with Crippen LogP contribution in [-0.4, -0.2) is 77.4 Å². The minimum absolute atomic E-state index is 0.0985. The standard InChI is InChI=1S/C22H24F2N8O3S2/c23-18(24)19(26)36-21(27)32-17-10-14(37(34,35)29-22(12-25)3-4-22)9-16(15(17)11-28-32)30-5-7-31(8-6-30)20(33)13-1-2-13/h9-11,13,18,26-27,29H,1-8H2. The lowest BCUT2D eigenvalue weighted by atomic mass is 10.1. The third kappa shape index (κ3) is 5.05. The van der Waals surface area contributed by atoms with Gasteiger partial charge < -0.3 is 9.80 Å². The van der Waals surface area contributed by atoms with Crippen molar-refractivity contribution in [2.24, 2.45) is 5.92 Å². The number of aromatic nitrogens is 2. The quantitative estimate of drug-likeness (QED) is 0.367. The van der Waals surface area contributed by atoms with E-state index in [1.54, 1.807) is 0 Å². The number of nitriles is 1. The largest absolute Gasteiger partial charge is 0.367 e. The zero-order valence-corrected chi connectivity index (χ0v) is 21.2. The van der Waals surface area contributed by atoms with Crippen molar-refractivity contribution in [1.29, 1.82) is 16.1 Å². The summed E-state index contributed by atoms with van der Waals surface area (Å²) in [7, 11) is -4.15. The predicted molar refractivity (Wildman–Crippen MR) is 134 cm³/mol. The summed E-state index contributed by atoms with van der Waals surface area (Å²) in [6.07, 6.45) is 0.965. The van der Waals surface area contributed by atoms with Crippen molar-refractivity contribution in [3.05, 3.63) is 18.3 Å². The molecule has 0 unspecified atom stereocenters. The van der Waals surface area contributed by atoms with Crippen LogP contribution >= 0.6 is 11.8 Å². The van der Waals surface area contributed by atoms with Crippen LogP contribution in [0.1, 0.15) is 25.7 Å². The SMILES string of the molecule is N#CC1(NS(=O)(=O)c2cc(N3CCN(C(=O)C4CC4)CC3)c3cnn(C(=N)SC(=N)C(F)F)c3c2)CC1. The highest BCUT2D eigenvalue weighted by atomic mass is 32.2. The molecule has 0 radical (unpaired) electrons. The van der Waals surface area contributed by atoms with E-state index in [9.17, 15) is 27.3 Å². The fourth-order valence-electron chi connectivity index (χ4n) is 4.29. The van der Waals surface area contributed by atoms with Gasteiger partial charge in [0, 0.05) is 43.2 Å². The van der Waals surface area contributed by atoms with Crippen molar-refractivity contribution in [3.8, 4) is 6.07 Å². The Morgan fingerprint density at radius 1 is 1.22 bits per heavy atom. The Hall–Kier alpha value is -3.09. The van der Waals surface area contributed by atoms with Crippen molar-refractivity contribution in [2.75, 3.05) is 31.1 Å². The van der Waals surface area contributed by atoms with E-state index in [1.807, 2.05) is 15.9 Å². The van der Waals surface area contributed by atoms with E-state index in [4.69, 9.17) is 10.8 Å². The van der Waals surface area contributed by atoms with Gasteiger partial charge in [0.15, 0.2) is 5.17 Å². The number of hydrogen-bond acceptors (Lipinski definition) is 9. The number of anilines is 1. The summed E-state index contributed by atoms with van der Waals surface area (Å²) in [4.78, 5) is 16.0. The topological polar surface area (TPSA) is 159 Å². The molecule has 11 nitrogen and oxygen atoms in total. The zero-order chi connectivity index (χ0) is 26.5. The van der Waals surface area contributed by atoms with Crippen LogP contribution in [-0.2, 0) is 14.8 Å². The molecule has 2 heterocycles. The number of amides is 1. The molecule has 15 heteroatoms. The summed E-state index contributed by atoms with van der Waals surface area (Å²) in [6.45, 7) is 1.82. The lowest BCUT2D eigenvalue weighted by Crippen LogP contribution is -2.49. The highest BCUT2D eigenvalue weighted by Gasteiger charge is 2.47. The minimum atomic E-state index is -4.15. The summed E-state index contributed by atoms with van der Waals surface area (Å²) in [5.74, 6) is 0.234. The van der Waals surface area contributed by atoms with Gasteiger partial charge in [-0.3, -0.25) is 15.6 Å². The molecule has 3 N–H and O–H groups in total. The van der Waals surface area contributed by atoms with Crippen LogP contribution in [0.15, 0.2) is 23.2 Å². The monoisotopic (exact) mass is 550 g/mol. The van der Waals surface area contributed by atoms with Crippen LogP contribution in [0.25, 0.3) is 10.9 Å². The molecule has 5 rings (SSSR count). The number of alkyl halides is 2. The molecule has 2 aromatic rings. The van der Waals surface area contributed by atoms with E-state index in [0.717, 1.165) is 17.5 Å². The molecule has 1 amide bonds. The fraction of sp³-hybridized carbons (Fsp3) is 0.500. The Kier molecular flexibility index (Phi) is 6.45. The second kappa shape index (κ2) is 9.34. The molecule has 37 heavy (non-hydrogen) atoms. The van der Waals surface area contributed by atoms with Gasteiger partial charge in [0.05, 0.1) is 22.7 Å². The lowest BCUT2D eigenvalue weighted by molar-refractivity contribution is -0.132. The fourth-order valence-corrected chi connectivity index (χ4v) is 6.23. The third-order valence-corrected chi connectivity index (χ3v) is 8.98. The Bertz CT molecular complexity index is 1440. The van der Waals surface area contributed by atoms with Gasteiger partial charge in [-0.25, -0.2) is 21.9 Å². The first-order chi connectivity index (χ1) is 17.5. The maximum Gasteiger partial charge on any atom is 0.286 e. The van der Waals surface area contributed by atoms with E-state index in [2.05, 4.69) is 9.82 Å². The maximum absolute atomic E-state index is 13.3. The van der Waals surface area contributed by atoms with Gasteiger partial charge >= 0.3 is 0 Å². The molecule has 3 aliphatic rings. The first-order valence-electron chi connectivity index (χ1n) is 11.7. The highest BCUT2D eigenvalue weighted by Crippen LogP contribution is 2.38. The average molecular weight is 551 g/mol. The van der Waals surface area contributed by atoms with Crippen molar-refractivity contribution in [3.63, 3.8) is 0 Å². The first kappa shape index (κ1) is 25.6. The van der Waals surface area contributed by atoms with E-state index in [-0.39, 0.29) is 34.0 Å². The molecule has 196 valence electrons. The van der Waals surface area contributed by atoms with Crippen molar-refractivity contribution >= 4 is 54.5 Å². The van der Waals surface area contributed by atoms with Gasteiger partial charge in [-0.1, -0.05) is 0 Å². The minimum Gasteiger partial charge on any atom is -0.367 e. The van der Waals surface area contributed by atoms with Crippen LogP contribution < -0.4 is 9.62 Å². The van der Waals surface area contributed by atoms with Crippen molar-refractivity contribution < 1.29 is 22.0 Å². The van der Waals surface area contributed by atoms with Gasteiger partial charge in [-0.05, 0) is 49.6 Å². The number of sulfonamides is 1. The van der Waals surface area contributed by atoms with Gasteiger partial charge in [-0.15, -0.1) is 0 Å². The number of fused-ring (bicyclic) bond motifs is 1. The number of rotatable bonds is 6. The van der Waals surface area contributed by atoms with E-state index in [0.29, 0.717) is 50.1 Å². The summed E-state index contributed by atoms with van der Waals surface area (Å²) in [5, 5.41) is 28.1. The molecule has 0 bridgehead atoms. The van der Waals surface area contributed by atoms with E-state index < -0.39 is 32.2 Å². The molecule has 1 saturated heterocycles. The van der Waals surface area contributed by atoms with Gasteiger partial charge in [0.2, 0.25) is 15.9 Å². The van der Waals surface area contributed by atoms with Crippen LogP contribution in [0.4, 0.5) is 14.5 Å². The zero-order valence-electron chi connectivity index (χ0n) is 19.6. The number of nitrogens with zero attached hydrogens (tertiary/aromatic N) is 5. The molecule has 3 fully saturated rings. The molecule has 2 saturated carbocycles. The molecule has 0 spiro atoms. The summed E-state index contributed by atoms with van der Waals surface area (Å²) >= 11 is 0.222. The molecule has 2 aliphatic carbocycles. The maximum atomic E-state index is 13.3. The second-order valence-corrected chi connectivity index (χ2v) is 12.1. The smallest absolute Gasteiger partial charge is 0.286 e. The molecule has 0 atom stereocenters. The van der Waals surface area contributed by atoms with Crippen LogP contribution in [0, 0.1) is 28.1 Å². The number of hydrogen-bond donors (Lipinski definition) is 3. The Balaban J connectivity index is 1.51. The van der Waals surface area contributed by atoms with Crippen molar-refractivity contribution in [1.82, 2.24) is 19.4 Å². The number of nitrogens with one attached hydrogen (secondary N) is 3. The highest BCUT2D eigenvalue weighted by molar-refractivity contribution is 8.26. The Morgan fingerprint density at radius 3 is 2.46 bits per heavy atom. The molecule has 1 aromatic heterocycles. The predicted octanol–water partition coefficient (Wildman–Crippen LogP) is 2.19. The van der Waals surface area contributed by atoms with Crippen LogP contribution in [0.3, 0.4) is 0 Å². The average Bonchev–Trinajstić information content (AvgIpc) is 3.80. The number of halogens is 2. The van der Waals surface area contributed by atoms with Crippen molar-refractivity contribution in [2.45, 2.75) is 42.5 Å². The Labute approximate surface area is 215 Å². The molecule has 1 aliphatic heterocycles. The number of piperazine rings is 1. The van der Waals surface area contributed by atoms with Gasteiger partial charge in [0.25, 0.3) is 6.43 Å². The number of carbonyl (C=O) groups excluding carboxylic acids is 1. The van der Waals surface area contributed by atoms with E-state index in [1.165, 1.54) is 18.3 Å². The van der Waals surface area contributed by atoms with Crippen LogP contribution in [0.5, 0.6) is 0 Å². The Morgan fingerprint density at radius 2 is 1.89 bits per heavy atom. The normalized spacial score (nSPS) is 19.2. The lowest BCUT2D eigenvalue weighted by Gasteiger charge is -2.36. The number of benzene rings is 1. The van der Waals surface area contributed by atoms with Gasteiger partial charge in [0.1, 0.15) is 10.6 Å². The van der Waals surface area contributed by atoms with Crippen LogP contribution in [0.2, 0.25) is 0 Å². The number of thioether (sulfide) groups is 1. The first-order valence-corrected chi connectivity index (χ1v) is 14.0. The van der Waals surface area contributed by atoms with E-state index >= 15 is 0 Å². The molecule has 1 aromatic carbocycles. The summed E-state index contributed by atoms with van der Waals surface area (Å²) in [5.41, 5.74) is -0.459. The summed E-state index contributed by atoms with van der Waals surface area (Å²) < 4.78 is 55.8. The molecular formula is C22H24F2N8O3S2.